The minimum absolute atomic E-state index is 0.0916. The number of nitrogens with zero attached hydrogens (tertiary/aromatic N) is 4. The highest BCUT2D eigenvalue weighted by Crippen LogP contribution is 2.34. The molecule has 2 aromatic carbocycles. The summed E-state index contributed by atoms with van der Waals surface area (Å²) in [5, 5.41) is 15.9. The van der Waals surface area contributed by atoms with Gasteiger partial charge in [-0.05, 0) is 11.5 Å². The number of halogens is 1. The van der Waals surface area contributed by atoms with E-state index < -0.39 is 16.4 Å². The number of fused-ring (bicyclic) bond motifs is 1. The van der Waals surface area contributed by atoms with Gasteiger partial charge in [0.05, 0.1) is 23.4 Å². The fraction of sp³-hybridized carbons (Fsp3) is 0.0500. The van der Waals surface area contributed by atoms with E-state index in [0.717, 1.165) is 28.5 Å². The Morgan fingerprint density at radius 3 is 2.79 bits per heavy atom. The van der Waals surface area contributed by atoms with Crippen LogP contribution in [-0.2, 0) is 0 Å². The summed E-state index contributed by atoms with van der Waals surface area (Å²) in [6, 6.07) is 11.5. The number of methoxy groups -OCH3 is 1. The molecule has 0 saturated heterocycles. The lowest BCUT2D eigenvalue weighted by molar-refractivity contribution is -0.387. The molecule has 1 N–H and O–H groups in total. The topological polar surface area (TPSA) is 103 Å². The second kappa shape index (κ2) is 7.47. The first-order valence-corrected chi connectivity index (χ1v) is 8.52. The molecular formula is C20H14FN5O3. The zero-order valence-corrected chi connectivity index (χ0v) is 15.2. The van der Waals surface area contributed by atoms with Crippen LogP contribution in [0.25, 0.3) is 22.0 Å². The van der Waals surface area contributed by atoms with Gasteiger partial charge in [-0.15, -0.1) is 0 Å². The van der Waals surface area contributed by atoms with E-state index in [4.69, 9.17) is 4.74 Å². The molecule has 2 heterocycles. The molecule has 0 amide bonds. The summed E-state index contributed by atoms with van der Waals surface area (Å²) in [5.74, 6) is -0.725. The Hall–Kier alpha value is -4.14. The number of nitro groups is 1. The van der Waals surface area contributed by atoms with Gasteiger partial charge in [-0.2, -0.15) is 4.39 Å². The fourth-order valence-electron chi connectivity index (χ4n) is 2.96. The van der Waals surface area contributed by atoms with Gasteiger partial charge in [0.25, 0.3) is 0 Å². The van der Waals surface area contributed by atoms with E-state index in [1.807, 2.05) is 24.3 Å². The monoisotopic (exact) mass is 391 g/mol. The van der Waals surface area contributed by atoms with Crippen LogP contribution in [0.3, 0.4) is 0 Å². The maximum atomic E-state index is 13.9. The number of pyridine rings is 1. The van der Waals surface area contributed by atoms with Crippen LogP contribution in [0.15, 0.2) is 61.1 Å². The Labute approximate surface area is 164 Å². The molecule has 0 aliphatic rings. The molecule has 0 saturated carbocycles. The molecule has 0 bridgehead atoms. The Balaban J connectivity index is 1.75. The van der Waals surface area contributed by atoms with E-state index in [1.165, 1.54) is 7.11 Å². The van der Waals surface area contributed by atoms with Crippen molar-refractivity contribution in [1.82, 2.24) is 15.0 Å². The number of aromatic nitrogens is 3. The molecule has 0 unspecified atom stereocenters. The van der Waals surface area contributed by atoms with Crippen LogP contribution in [0.1, 0.15) is 0 Å². The van der Waals surface area contributed by atoms with Crippen molar-refractivity contribution >= 4 is 28.1 Å². The van der Waals surface area contributed by atoms with Crippen molar-refractivity contribution in [3.63, 3.8) is 0 Å². The van der Waals surface area contributed by atoms with Crippen molar-refractivity contribution in [3.05, 3.63) is 77.0 Å². The summed E-state index contributed by atoms with van der Waals surface area (Å²) >= 11 is 0. The van der Waals surface area contributed by atoms with Crippen LogP contribution < -0.4 is 10.1 Å². The van der Waals surface area contributed by atoms with Crippen LogP contribution >= 0.6 is 0 Å². The number of nitro benzene ring substituents is 1. The van der Waals surface area contributed by atoms with Crippen LogP contribution in [0.2, 0.25) is 0 Å². The molecule has 4 rings (SSSR count). The van der Waals surface area contributed by atoms with Gasteiger partial charge in [-0.25, -0.2) is 9.97 Å². The first-order valence-electron chi connectivity index (χ1n) is 8.52. The predicted molar refractivity (Wildman–Crippen MR) is 106 cm³/mol. The normalized spacial score (nSPS) is 10.7. The van der Waals surface area contributed by atoms with Gasteiger partial charge in [0.2, 0.25) is 11.8 Å². The highest BCUT2D eigenvalue weighted by atomic mass is 19.1. The van der Waals surface area contributed by atoms with Gasteiger partial charge >= 0.3 is 5.69 Å². The van der Waals surface area contributed by atoms with Gasteiger partial charge in [0, 0.05) is 41.7 Å². The third kappa shape index (κ3) is 3.53. The number of anilines is 2. The van der Waals surface area contributed by atoms with E-state index in [-0.39, 0.29) is 17.4 Å². The lowest BCUT2D eigenvalue weighted by atomic mass is 10.1. The molecule has 2 aromatic heterocycles. The highest BCUT2D eigenvalue weighted by molar-refractivity contribution is 5.94. The summed E-state index contributed by atoms with van der Waals surface area (Å²) in [7, 11) is 1.34. The second-order valence-corrected chi connectivity index (χ2v) is 6.06. The minimum Gasteiger partial charge on any atom is -0.494 e. The smallest absolute Gasteiger partial charge is 0.307 e. The first-order chi connectivity index (χ1) is 14.1. The molecule has 4 aromatic rings. The van der Waals surface area contributed by atoms with Crippen molar-refractivity contribution < 1.29 is 14.1 Å². The molecule has 8 nitrogen and oxygen atoms in total. The average Bonchev–Trinajstić information content (AvgIpc) is 2.74. The number of hydrogen-bond acceptors (Lipinski definition) is 7. The number of ether oxygens (including phenoxy) is 1. The maximum Gasteiger partial charge on any atom is 0.307 e. The molecular weight excluding hydrogens is 377 g/mol. The van der Waals surface area contributed by atoms with E-state index in [0.29, 0.717) is 5.69 Å². The molecule has 0 radical (unpaired) electrons. The summed E-state index contributed by atoms with van der Waals surface area (Å²) in [5.41, 5.74) is 0.921. The molecule has 144 valence electrons. The van der Waals surface area contributed by atoms with Gasteiger partial charge in [-0.3, -0.25) is 15.1 Å². The maximum absolute atomic E-state index is 13.9. The number of rotatable bonds is 5. The van der Waals surface area contributed by atoms with Gasteiger partial charge in [-0.1, -0.05) is 24.3 Å². The minimum atomic E-state index is -0.992. The average molecular weight is 391 g/mol. The van der Waals surface area contributed by atoms with Crippen LogP contribution in [0.4, 0.5) is 21.7 Å². The Kier molecular flexibility index (Phi) is 4.70. The van der Waals surface area contributed by atoms with Gasteiger partial charge in [0.1, 0.15) is 5.75 Å². The largest absolute Gasteiger partial charge is 0.494 e. The number of benzene rings is 2. The lowest BCUT2D eigenvalue weighted by Gasteiger charge is -2.11. The first kappa shape index (κ1) is 18.2. The van der Waals surface area contributed by atoms with E-state index >= 15 is 0 Å². The zero-order valence-electron chi connectivity index (χ0n) is 15.2. The lowest BCUT2D eigenvalue weighted by Crippen LogP contribution is -2.02. The Morgan fingerprint density at radius 2 is 2.00 bits per heavy atom. The highest BCUT2D eigenvalue weighted by Gasteiger charge is 2.19. The molecule has 0 spiro atoms. The van der Waals surface area contributed by atoms with E-state index in [9.17, 15) is 14.5 Å². The molecule has 0 atom stereocenters. The molecule has 0 aliphatic carbocycles. The van der Waals surface area contributed by atoms with Crippen LogP contribution in [0.5, 0.6) is 5.75 Å². The Morgan fingerprint density at radius 1 is 1.17 bits per heavy atom. The zero-order chi connectivity index (χ0) is 20.4. The molecule has 29 heavy (non-hydrogen) atoms. The Bertz CT molecular complexity index is 1230. The summed E-state index contributed by atoms with van der Waals surface area (Å²) in [4.78, 5) is 23.1. The molecule has 0 aliphatic heterocycles. The van der Waals surface area contributed by atoms with Crippen LogP contribution in [-0.4, -0.2) is 27.0 Å². The number of hydrogen-bond donors (Lipinski definition) is 1. The molecule has 9 heteroatoms. The fourth-order valence-corrected chi connectivity index (χ4v) is 2.96. The quantitative estimate of drug-likeness (QED) is 0.395. The summed E-state index contributed by atoms with van der Waals surface area (Å²) in [6.45, 7) is 0. The standard InChI is InChI=1S/C20H14FN5O3/c1-29-19-8-15(21)18(26(27)28)9-17(19)25-20-23-7-6-16(24-20)14-11-22-10-12-4-2-3-5-13(12)14/h2-11H,1H3,(H,23,24,25). The van der Waals surface area contributed by atoms with Crippen molar-refractivity contribution in [1.29, 1.82) is 0 Å². The van der Waals surface area contributed by atoms with Crippen LogP contribution in [0, 0.1) is 15.9 Å². The van der Waals surface area contributed by atoms with Crippen molar-refractivity contribution in [2.45, 2.75) is 0 Å². The third-order valence-electron chi connectivity index (χ3n) is 4.31. The third-order valence-corrected chi connectivity index (χ3v) is 4.31. The second-order valence-electron chi connectivity index (χ2n) is 6.06. The predicted octanol–water partition coefficient (Wildman–Crippen LogP) is 4.49. The summed E-state index contributed by atoms with van der Waals surface area (Å²) in [6.07, 6.45) is 5.02. The summed E-state index contributed by atoms with van der Waals surface area (Å²) < 4.78 is 19.0. The van der Waals surface area contributed by atoms with E-state index in [2.05, 4.69) is 20.3 Å². The van der Waals surface area contributed by atoms with Crippen molar-refractivity contribution in [2.24, 2.45) is 0 Å². The van der Waals surface area contributed by atoms with Crippen molar-refractivity contribution in [2.75, 3.05) is 12.4 Å². The van der Waals surface area contributed by atoms with E-state index in [1.54, 1.807) is 24.7 Å². The molecule has 0 fully saturated rings. The SMILES string of the molecule is COc1cc(F)c([N+](=O)[O-])cc1Nc1nccc(-c2cncc3ccccc23)n1. The van der Waals surface area contributed by atoms with Crippen molar-refractivity contribution in [3.8, 4) is 17.0 Å². The van der Waals surface area contributed by atoms with Gasteiger partial charge in [0.15, 0.2) is 0 Å². The van der Waals surface area contributed by atoms with Gasteiger partial charge < -0.3 is 10.1 Å². The number of nitrogens with one attached hydrogen (secondary N) is 1.